The molecule has 0 bridgehead atoms. The van der Waals surface area contributed by atoms with Crippen LogP contribution in [0.2, 0.25) is 0 Å². The summed E-state index contributed by atoms with van der Waals surface area (Å²) in [4.78, 5) is 15.6. The molecule has 1 aromatic carbocycles. The van der Waals surface area contributed by atoms with E-state index in [0.29, 0.717) is 12.5 Å². The van der Waals surface area contributed by atoms with Gasteiger partial charge in [-0.15, -0.1) is 0 Å². The first kappa shape index (κ1) is 29.7. The van der Waals surface area contributed by atoms with E-state index in [-0.39, 0.29) is 5.91 Å². The van der Waals surface area contributed by atoms with Crippen LogP contribution in [-0.2, 0) is 6.42 Å². The minimum Gasteiger partial charge on any atom is -0.497 e. The zero-order chi connectivity index (χ0) is 26.3. The van der Waals surface area contributed by atoms with Gasteiger partial charge in [-0.25, -0.2) is 0 Å². The lowest BCUT2D eigenvalue weighted by atomic mass is 10.0. The molecule has 0 N–H and O–H groups in total. The van der Waals surface area contributed by atoms with Gasteiger partial charge >= 0.3 is 0 Å². The molecule has 1 aliphatic heterocycles. The molecule has 1 aliphatic rings. The molecule has 0 amide bonds. The SMILES string of the molecule is CCCCCCCCCCCCCCCCCC(=O)n1cc(C[C@H]2CCCN2C)c2cc(OC)ccc21. The van der Waals surface area contributed by atoms with Crippen LogP contribution in [-0.4, -0.2) is 42.1 Å². The highest BCUT2D eigenvalue weighted by atomic mass is 16.5. The van der Waals surface area contributed by atoms with Crippen LogP contribution >= 0.6 is 0 Å². The summed E-state index contributed by atoms with van der Waals surface area (Å²) < 4.78 is 7.41. The third-order valence-corrected chi connectivity index (χ3v) is 8.48. The van der Waals surface area contributed by atoms with E-state index >= 15 is 0 Å². The van der Waals surface area contributed by atoms with Crippen molar-refractivity contribution in [1.82, 2.24) is 9.47 Å². The molecule has 1 saturated heterocycles. The van der Waals surface area contributed by atoms with Gasteiger partial charge in [-0.05, 0) is 63.0 Å². The van der Waals surface area contributed by atoms with Crippen LogP contribution in [0, 0.1) is 0 Å². The van der Waals surface area contributed by atoms with Gasteiger partial charge in [0, 0.05) is 24.0 Å². The van der Waals surface area contributed by atoms with E-state index in [2.05, 4.69) is 37.2 Å². The average Bonchev–Trinajstić information content (AvgIpc) is 3.49. The average molecular weight is 511 g/mol. The topological polar surface area (TPSA) is 34.5 Å². The fourth-order valence-electron chi connectivity index (χ4n) is 6.03. The molecule has 0 radical (unpaired) electrons. The van der Waals surface area contributed by atoms with E-state index in [4.69, 9.17) is 4.74 Å². The number of likely N-dealkylation sites (tertiary alicyclic amines) is 1. The lowest BCUT2D eigenvalue weighted by Gasteiger charge is -2.18. The summed E-state index contributed by atoms with van der Waals surface area (Å²) in [6.07, 6.45) is 26.4. The number of benzene rings is 1. The number of ether oxygens (including phenoxy) is 1. The second kappa shape index (κ2) is 16.9. The maximum atomic E-state index is 13.2. The number of likely N-dealkylation sites (N-methyl/N-ethyl adjacent to an activating group) is 1. The maximum Gasteiger partial charge on any atom is 0.231 e. The summed E-state index contributed by atoms with van der Waals surface area (Å²) in [7, 11) is 3.93. The van der Waals surface area contributed by atoms with Gasteiger partial charge in [-0.1, -0.05) is 96.8 Å². The number of unbranched alkanes of at least 4 members (excludes halogenated alkanes) is 14. The van der Waals surface area contributed by atoms with Crippen LogP contribution in [0.1, 0.15) is 133 Å². The normalized spacial score (nSPS) is 16.1. The minimum absolute atomic E-state index is 0.232. The Morgan fingerprint density at radius 3 is 2.03 bits per heavy atom. The van der Waals surface area contributed by atoms with Crippen molar-refractivity contribution in [3.05, 3.63) is 30.0 Å². The van der Waals surface area contributed by atoms with Gasteiger partial charge in [-0.2, -0.15) is 0 Å². The highest BCUT2D eigenvalue weighted by molar-refractivity contribution is 5.95. The van der Waals surface area contributed by atoms with Crippen LogP contribution < -0.4 is 4.74 Å². The number of hydrogen-bond acceptors (Lipinski definition) is 3. The third kappa shape index (κ3) is 9.78. The van der Waals surface area contributed by atoms with E-state index in [1.54, 1.807) is 7.11 Å². The molecular weight excluding hydrogens is 456 g/mol. The fraction of sp³-hybridized carbons (Fsp3) is 0.727. The Morgan fingerprint density at radius 2 is 1.49 bits per heavy atom. The van der Waals surface area contributed by atoms with Crippen molar-refractivity contribution < 1.29 is 9.53 Å². The summed E-state index contributed by atoms with van der Waals surface area (Å²) in [5.41, 5.74) is 2.31. The molecule has 2 heterocycles. The molecule has 208 valence electrons. The molecular formula is C33H54N2O2. The van der Waals surface area contributed by atoms with Crippen LogP contribution in [0.5, 0.6) is 5.75 Å². The smallest absolute Gasteiger partial charge is 0.231 e. The van der Waals surface area contributed by atoms with Crippen molar-refractivity contribution in [3.63, 3.8) is 0 Å². The zero-order valence-electron chi connectivity index (χ0n) is 24.2. The number of carbonyl (C=O) groups excluding carboxylic acids is 1. The van der Waals surface area contributed by atoms with Gasteiger partial charge < -0.3 is 9.64 Å². The molecule has 1 aromatic heterocycles. The lowest BCUT2D eigenvalue weighted by molar-refractivity contribution is 0.0904. The number of nitrogens with zero attached hydrogens (tertiary/aromatic N) is 2. The largest absolute Gasteiger partial charge is 0.497 e. The molecule has 0 spiro atoms. The number of aromatic nitrogens is 1. The molecule has 1 fully saturated rings. The molecule has 2 aromatic rings. The van der Waals surface area contributed by atoms with Gasteiger partial charge in [0.05, 0.1) is 12.6 Å². The highest BCUT2D eigenvalue weighted by Crippen LogP contribution is 2.30. The van der Waals surface area contributed by atoms with Crippen molar-refractivity contribution in [2.75, 3.05) is 20.7 Å². The predicted molar refractivity (Wildman–Crippen MR) is 158 cm³/mol. The lowest BCUT2D eigenvalue weighted by Crippen LogP contribution is -2.26. The molecule has 0 saturated carbocycles. The summed E-state index contributed by atoms with van der Waals surface area (Å²) >= 11 is 0. The summed E-state index contributed by atoms with van der Waals surface area (Å²) in [6.45, 7) is 3.46. The predicted octanol–water partition coefficient (Wildman–Crippen LogP) is 9.19. The van der Waals surface area contributed by atoms with Crippen LogP contribution in [0.3, 0.4) is 0 Å². The number of methoxy groups -OCH3 is 1. The Morgan fingerprint density at radius 1 is 0.892 bits per heavy atom. The van der Waals surface area contributed by atoms with Crippen molar-refractivity contribution in [1.29, 1.82) is 0 Å². The molecule has 0 aliphatic carbocycles. The van der Waals surface area contributed by atoms with E-state index in [1.807, 2.05) is 10.6 Å². The standard InChI is InChI=1S/C33H54N2O2/c1-4-5-6-7-8-9-10-11-12-13-14-15-16-17-18-21-33(36)35-27-28(25-29-20-19-24-34(29)2)31-26-30(37-3)22-23-32(31)35/h22-23,26-27,29H,4-21,24-25H2,1-3H3/t29-/m1/s1. The monoisotopic (exact) mass is 510 g/mol. The van der Waals surface area contributed by atoms with Gasteiger partial charge in [0.1, 0.15) is 5.75 Å². The Labute approximate surface area is 227 Å². The van der Waals surface area contributed by atoms with Crippen LogP contribution in [0.15, 0.2) is 24.4 Å². The molecule has 4 nitrogen and oxygen atoms in total. The van der Waals surface area contributed by atoms with Crippen molar-refractivity contribution in [2.24, 2.45) is 0 Å². The summed E-state index contributed by atoms with van der Waals surface area (Å²) in [5.74, 6) is 1.09. The maximum absolute atomic E-state index is 13.2. The molecule has 0 unspecified atom stereocenters. The second-order valence-electron chi connectivity index (χ2n) is 11.5. The Hall–Kier alpha value is -1.81. The summed E-state index contributed by atoms with van der Waals surface area (Å²) in [5, 5.41) is 1.17. The Kier molecular flexibility index (Phi) is 13.6. The number of carbonyl (C=O) groups is 1. The van der Waals surface area contributed by atoms with Crippen molar-refractivity contribution in [3.8, 4) is 5.75 Å². The Balaban J connectivity index is 1.34. The first-order valence-electron chi connectivity index (χ1n) is 15.6. The fourth-order valence-corrected chi connectivity index (χ4v) is 6.03. The van der Waals surface area contributed by atoms with Gasteiger partial charge in [-0.3, -0.25) is 9.36 Å². The number of rotatable bonds is 19. The minimum atomic E-state index is 0.232. The number of fused-ring (bicyclic) bond motifs is 1. The molecule has 1 atom stereocenters. The van der Waals surface area contributed by atoms with E-state index in [9.17, 15) is 4.79 Å². The third-order valence-electron chi connectivity index (χ3n) is 8.48. The van der Waals surface area contributed by atoms with Gasteiger partial charge in [0.15, 0.2) is 0 Å². The molecule has 3 rings (SSSR count). The van der Waals surface area contributed by atoms with Crippen LogP contribution in [0.4, 0.5) is 0 Å². The Bertz CT molecular complexity index is 918. The first-order valence-corrected chi connectivity index (χ1v) is 15.6. The van der Waals surface area contributed by atoms with Crippen molar-refractivity contribution in [2.45, 2.75) is 135 Å². The molecule has 37 heavy (non-hydrogen) atoms. The van der Waals surface area contributed by atoms with Gasteiger partial charge in [0.2, 0.25) is 5.91 Å². The van der Waals surface area contributed by atoms with Crippen molar-refractivity contribution >= 4 is 16.8 Å². The zero-order valence-corrected chi connectivity index (χ0v) is 24.2. The molecule has 4 heteroatoms. The number of hydrogen-bond donors (Lipinski definition) is 0. The quantitative estimate of drug-likeness (QED) is 0.177. The van der Waals surface area contributed by atoms with Crippen LogP contribution in [0.25, 0.3) is 10.9 Å². The first-order chi connectivity index (χ1) is 18.1. The highest BCUT2D eigenvalue weighted by Gasteiger charge is 2.23. The second-order valence-corrected chi connectivity index (χ2v) is 11.5. The summed E-state index contributed by atoms with van der Waals surface area (Å²) in [6, 6.07) is 6.71. The van der Waals surface area contributed by atoms with Gasteiger partial charge in [0.25, 0.3) is 0 Å². The van der Waals surface area contributed by atoms with E-state index in [1.165, 1.54) is 114 Å². The van der Waals surface area contributed by atoms with E-state index in [0.717, 1.165) is 30.5 Å². The van der Waals surface area contributed by atoms with E-state index < -0.39 is 0 Å².